The van der Waals surface area contributed by atoms with Crippen molar-refractivity contribution in [1.82, 2.24) is 0 Å². The van der Waals surface area contributed by atoms with Crippen molar-refractivity contribution >= 4 is 33.7 Å². The van der Waals surface area contributed by atoms with Crippen molar-refractivity contribution in [2.45, 2.75) is 19.3 Å². The highest BCUT2D eigenvalue weighted by atomic mass is 32.3. The summed E-state index contributed by atoms with van der Waals surface area (Å²) < 4.78 is 46.9. The van der Waals surface area contributed by atoms with Gasteiger partial charge in [-0.05, 0) is 24.3 Å². The lowest BCUT2D eigenvalue weighted by Gasteiger charge is -2.18. The normalized spacial score (nSPS) is 18.6. The molecule has 0 amide bonds. The molecule has 0 aromatic rings. The molecule has 17 heavy (non-hydrogen) atoms. The Morgan fingerprint density at radius 1 is 0.882 bits per heavy atom. The Balaban J connectivity index is 3.50. The summed E-state index contributed by atoms with van der Waals surface area (Å²) >= 11 is 0. The van der Waals surface area contributed by atoms with Crippen molar-refractivity contribution in [3.8, 4) is 0 Å². The first-order valence-electron chi connectivity index (χ1n) is 5.14. The summed E-state index contributed by atoms with van der Waals surface area (Å²) in [5.41, 5.74) is 0. The predicted octanol–water partition coefficient (Wildman–Crippen LogP) is 1.64. The Bertz CT molecular complexity index is 504. The van der Waals surface area contributed by atoms with Crippen LogP contribution in [0, 0.1) is 0 Å². The van der Waals surface area contributed by atoms with Crippen LogP contribution in [0.3, 0.4) is 0 Å². The van der Waals surface area contributed by atoms with Crippen molar-refractivity contribution < 1.29 is 16.8 Å². The molecule has 0 spiro atoms. The first-order valence-corrected chi connectivity index (χ1v) is 9.80. The van der Waals surface area contributed by atoms with Crippen LogP contribution >= 0.6 is 10.5 Å². The summed E-state index contributed by atoms with van der Waals surface area (Å²) in [4.78, 5) is 0. The topological polar surface area (TPSA) is 68.3 Å². The van der Waals surface area contributed by atoms with E-state index in [1.807, 2.05) is 0 Å². The summed E-state index contributed by atoms with van der Waals surface area (Å²) in [6.45, 7) is 6.39. The quantitative estimate of drug-likeness (QED) is 0.727. The molecule has 98 valence electrons. The second-order valence-corrected chi connectivity index (χ2v) is 10.3. The smallest absolute Gasteiger partial charge is 0.215 e. The molecule has 1 saturated heterocycles. The fourth-order valence-electron chi connectivity index (χ4n) is 1.62. The van der Waals surface area contributed by atoms with Gasteiger partial charge in [0.05, 0.1) is 0 Å². The molecule has 0 N–H and O–H groups in total. The first-order chi connectivity index (χ1) is 7.85. The summed E-state index contributed by atoms with van der Waals surface area (Å²) in [6, 6.07) is 0. The zero-order chi connectivity index (χ0) is 13.1. The second-order valence-electron chi connectivity index (χ2n) is 3.64. The maximum atomic E-state index is 11.8. The van der Waals surface area contributed by atoms with Crippen LogP contribution in [0.2, 0.25) is 0 Å². The third-order valence-corrected chi connectivity index (χ3v) is 10.5. The Morgan fingerprint density at radius 2 is 1.29 bits per heavy atom. The van der Waals surface area contributed by atoms with Gasteiger partial charge in [0.25, 0.3) is 0 Å². The molecule has 0 aliphatic carbocycles. The van der Waals surface area contributed by atoms with E-state index in [1.54, 1.807) is 0 Å². The van der Waals surface area contributed by atoms with Crippen LogP contribution in [-0.4, -0.2) is 31.9 Å². The molecule has 7 heteroatoms. The van der Waals surface area contributed by atoms with E-state index in [4.69, 9.17) is 0 Å². The predicted molar refractivity (Wildman–Crippen MR) is 74.4 cm³/mol. The maximum absolute atomic E-state index is 11.8. The zero-order valence-electron chi connectivity index (χ0n) is 9.46. The first kappa shape index (κ1) is 14.7. The molecule has 0 atom stereocenters. The molecule has 1 aliphatic rings. The fraction of sp³-hybridized carbons (Fsp3) is 0.500. The van der Waals surface area contributed by atoms with Crippen molar-refractivity contribution in [3.05, 3.63) is 24.0 Å². The lowest BCUT2D eigenvalue weighted by atomic mass is 10.3. The Hall–Kier alpha value is -0.400. The van der Waals surface area contributed by atoms with Gasteiger partial charge in [-0.1, -0.05) is 19.6 Å². The molecule has 0 aromatic carbocycles. The van der Waals surface area contributed by atoms with Crippen molar-refractivity contribution in [3.63, 3.8) is 0 Å². The highest BCUT2D eigenvalue weighted by Crippen LogP contribution is 2.30. The van der Waals surface area contributed by atoms with E-state index >= 15 is 0 Å². The van der Waals surface area contributed by atoms with Crippen LogP contribution in [0.1, 0.15) is 19.3 Å². The van der Waals surface area contributed by atoms with Crippen LogP contribution in [0.5, 0.6) is 0 Å². The molecular formula is C10H16O4S3. The van der Waals surface area contributed by atoms with E-state index in [9.17, 15) is 16.8 Å². The van der Waals surface area contributed by atoms with E-state index in [1.165, 1.54) is 0 Å². The molecule has 0 radical (unpaired) electrons. The molecule has 0 bridgehead atoms. The van der Waals surface area contributed by atoms with E-state index in [0.717, 1.165) is 19.3 Å². The van der Waals surface area contributed by atoms with Gasteiger partial charge in [0.1, 0.15) is 0 Å². The summed E-state index contributed by atoms with van der Waals surface area (Å²) in [7, 11) is -8.51. The molecule has 0 unspecified atom stereocenters. The number of sulfone groups is 2. The van der Waals surface area contributed by atoms with Gasteiger partial charge in [-0.2, -0.15) is 10.5 Å². The van der Waals surface area contributed by atoms with Gasteiger partial charge in [-0.25, -0.2) is 16.8 Å². The van der Waals surface area contributed by atoms with Gasteiger partial charge in [-0.15, -0.1) is 0 Å². The molecule has 1 aliphatic heterocycles. The lowest BCUT2D eigenvalue weighted by molar-refractivity contribution is 0.612. The minimum atomic E-state index is -3.90. The number of rotatable bonds is 2. The summed E-state index contributed by atoms with van der Waals surface area (Å²) in [6.07, 6.45) is 2.76. The molecule has 1 fully saturated rings. The molecule has 0 aromatic heterocycles. The molecular weight excluding hydrogens is 280 g/mol. The second kappa shape index (κ2) is 5.49. The van der Waals surface area contributed by atoms with Crippen LogP contribution in [0.15, 0.2) is 24.0 Å². The van der Waals surface area contributed by atoms with Crippen LogP contribution in [0.25, 0.3) is 0 Å². The van der Waals surface area contributed by atoms with Crippen molar-refractivity contribution in [1.29, 1.82) is 0 Å². The molecule has 0 saturated carbocycles. The SMILES string of the molecule is C=CS(=O)(=O)C(=S1CCCCC1)S(=O)(=O)C=C. The third-order valence-electron chi connectivity index (χ3n) is 2.42. The maximum Gasteiger partial charge on any atom is 0.215 e. The van der Waals surface area contributed by atoms with Crippen molar-refractivity contribution in [2.24, 2.45) is 0 Å². The van der Waals surface area contributed by atoms with E-state index < -0.39 is 33.7 Å². The van der Waals surface area contributed by atoms with Gasteiger partial charge in [0.2, 0.25) is 19.7 Å². The lowest BCUT2D eigenvalue weighted by Crippen LogP contribution is -2.23. The largest absolute Gasteiger partial charge is 0.218 e. The van der Waals surface area contributed by atoms with Gasteiger partial charge in [0, 0.05) is 10.8 Å². The highest BCUT2D eigenvalue weighted by Gasteiger charge is 2.30. The number of hydrogen-bond acceptors (Lipinski definition) is 4. The molecule has 1 heterocycles. The van der Waals surface area contributed by atoms with Gasteiger partial charge in [-0.3, -0.25) is 0 Å². The highest BCUT2D eigenvalue weighted by molar-refractivity contribution is 8.49. The molecule has 1 rings (SSSR count). The monoisotopic (exact) mass is 296 g/mol. The average Bonchev–Trinajstić information content (AvgIpc) is 2.30. The van der Waals surface area contributed by atoms with Gasteiger partial charge in [0.15, 0.2) is 3.53 Å². The van der Waals surface area contributed by atoms with Crippen LogP contribution in [0.4, 0.5) is 0 Å². The van der Waals surface area contributed by atoms with Crippen LogP contribution in [-0.2, 0) is 19.7 Å². The average molecular weight is 296 g/mol. The third kappa shape index (κ3) is 3.29. The fourth-order valence-corrected chi connectivity index (χ4v) is 9.28. The summed E-state index contributed by atoms with van der Waals surface area (Å²) in [5, 5.41) is 1.43. The Labute approximate surface area is 105 Å². The standard InChI is InChI=1S/C10H16O4S3/c1-3-16(11,12)10(17(13,14)4-2)15-8-6-5-7-9-15/h3-4H,1-2,5-9H2. The van der Waals surface area contributed by atoms with E-state index in [0.29, 0.717) is 22.3 Å². The molecule has 4 nitrogen and oxygen atoms in total. The van der Waals surface area contributed by atoms with E-state index in [-0.39, 0.29) is 0 Å². The van der Waals surface area contributed by atoms with Gasteiger partial charge >= 0.3 is 0 Å². The zero-order valence-corrected chi connectivity index (χ0v) is 11.9. The Morgan fingerprint density at radius 3 is 1.65 bits per heavy atom. The van der Waals surface area contributed by atoms with Gasteiger partial charge < -0.3 is 0 Å². The summed E-state index contributed by atoms with van der Waals surface area (Å²) in [5.74, 6) is 1.24. The number of hydrogen-bond donors (Lipinski definition) is 0. The van der Waals surface area contributed by atoms with Crippen LogP contribution < -0.4 is 0 Å². The van der Waals surface area contributed by atoms with Crippen molar-refractivity contribution in [2.75, 3.05) is 11.5 Å². The minimum absolute atomic E-state index is 0.394. The minimum Gasteiger partial charge on any atom is -0.218 e. The van der Waals surface area contributed by atoms with E-state index in [2.05, 4.69) is 13.2 Å². The Kier molecular flexibility index (Phi) is 4.74.